The van der Waals surface area contributed by atoms with E-state index in [1.165, 1.54) is 6.07 Å². The van der Waals surface area contributed by atoms with Crippen LogP contribution >= 0.6 is 0 Å². The second-order valence-corrected chi connectivity index (χ2v) is 11.9. The summed E-state index contributed by atoms with van der Waals surface area (Å²) >= 11 is 0. The summed E-state index contributed by atoms with van der Waals surface area (Å²) in [4.78, 5) is 21.7. The van der Waals surface area contributed by atoms with Crippen molar-refractivity contribution in [1.29, 1.82) is 0 Å². The zero-order valence-corrected chi connectivity index (χ0v) is 21.0. The molecule has 6 rings (SSSR count). The number of sulfone groups is 1. The normalized spacial score (nSPS) is 18.9. The van der Waals surface area contributed by atoms with Crippen molar-refractivity contribution >= 4 is 37.6 Å². The summed E-state index contributed by atoms with van der Waals surface area (Å²) in [6.45, 7) is 3.77. The molecule has 0 unspecified atom stereocenters. The quantitative estimate of drug-likeness (QED) is 0.330. The van der Waals surface area contributed by atoms with E-state index in [1.807, 2.05) is 12.1 Å². The zero-order chi connectivity index (χ0) is 25.6. The van der Waals surface area contributed by atoms with Gasteiger partial charge < -0.3 is 15.4 Å². The van der Waals surface area contributed by atoms with Gasteiger partial charge in [0, 0.05) is 62.4 Å². The number of hydrogen-bond acceptors (Lipinski definition) is 9. The van der Waals surface area contributed by atoms with E-state index in [0.717, 1.165) is 24.3 Å². The number of aromatic nitrogens is 4. The molecule has 37 heavy (non-hydrogen) atoms. The molecule has 0 bridgehead atoms. The first-order valence-corrected chi connectivity index (χ1v) is 14.2. The van der Waals surface area contributed by atoms with E-state index in [0.29, 0.717) is 53.5 Å². The van der Waals surface area contributed by atoms with E-state index in [2.05, 4.69) is 30.1 Å². The fraction of sp³-hybridized carbons (Fsp3) is 0.400. The highest BCUT2D eigenvalue weighted by atomic mass is 32.2. The largest absolute Gasteiger partial charge is 0.395 e. The summed E-state index contributed by atoms with van der Waals surface area (Å²) in [7, 11) is -2.88. The Morgan fingerprint density at radius 2 is 1.89 bits per heavy atom. The zero-order valence-electron chi connectivity index (χ0n) is 20.2. The Labute approximate surface area is 213 Å². The first-order valence-electron chi connectivity index (χ1n) is 12.4. The lowest BCUT2D eigenvalue weighted by Crippen LogP contribution is -2.61. The molecule has 0 spiro atoms. The third kappa shape index (κ3) is 4.77. The molecular formula is C25H28FN7O3S. The molecule has 0 radical (unpaired) electrons. The summed E-state index contributed by atoms with van der Waals surface area (Å²) in [6, 6.07) is 9.04. The van der Waals surface area contributed by atoms with Gasteiger partial charge in [0.05, 0.1) is 34.9 Å². The molecule has 1 aromatic carbocycles. The maximum atomic E-state index is 14.9. The fourth-order valence-corrected chi connectivity index (χ4v) is 6.34. The number of fused-ring (bicyclic) bond motifs is 2. The minimum absolute atomic E-state index is 0.0881. The Morgan fingerprint density at radius 1 is 1.08 bits per heavy atom. The Kier molecular flexibility index (Phi) is 6.27. The number of halogens is 1. The maximum Gasteiger partial charge on any atom is 0.165 e. The monoisotopic (exact) mass is 525 g/mol. The topological polar surface area (TPSA) is 127 Å². The van der Waals surface area contributed by atoms with Gasteiger partial charge >= 0.3 is 0 Å². The first kappa shape index (κ1) is 24.2. The van der Waals surface area contributed by atoms with Crippen molar-refractivity contribution in [2.45, 2.75) is 12.6 Å². The van der Waals surface area contributed by atoms with Gasteiger partial charge in [-0.25, -0.2) is 27.8 Å². The maximum absolute atomic E-state index is 14.9. The van der Waals surface area contributed by atoms with Crippen molar-refractivity contribution in [3.05, 3.63) is 48.0 Å². The van der Waals surface area contributed by atoms with Gasteiger partial charge in [0.25, 0.3) is 0 Å². The first-order chi connectivity index (χ1) is 17.9. The summed E-state index contributed by atoms with van der Waals surface area (Å²) < 4.78 is 38.3. The SMILES string of the molecule is O=S1(=O)CCN(C2CN(Cc3ccc4nc(-c5c(F)ccc6[nH]ccc56)nc(NCCO)c4n3)C2)CC1. The molecule has 194 valence electrons. The van der Waals surface area contributed by atoms with Crippen LogP contribution in [0, 0.1) is 5.82 Å². The van der Waals surface area contributed by atoms with Crippen molar-refractivity contribution in [3.8, 4) is 11.4 Å². The smallest absolute Gasteiger partial charge is 0.165 e. The van der Waals surface area contributed by atoms with Crippen molar-refractivity contribution in [2.75, 3.05) is 56.2 Å². The van der Waals surface area contributed by atoms with Gasteiger partial charge in [-0.1, -0.05) is 0 Å². The van der Waals surface area contributed by atoms with Gasteiger partial charge in [-0.2, -0.15) is 0 Å². The van der Waals surface area contributed by atoms with Crippen LogP contribution in [0.1, 0.15) is 5.69 Å². The predicted octanol–water partition coefficient (Wildman–Crippen LogP) is 1.63. The Morgan fingerprint density at radius 3 is 2.68 bits per heavy atom. The van der Waals surface area contributed by atoms with E-state index in [9.17, 15) is 17.9 Å². The van der Waals surface area contributed by atoms with Crippen LogP contribution in [0.4, 0.5) is 10.2 Å². The number of likely N-dealkylation sites (tertiary alicyclic amines) is 1. The molecule has 0 amide bonds. The summed E-state index contributed by atoms with van der Waals surface area (Å²) in [6.07, 6.45) is 1.75. The van der Waals surface area contributed by atoms with E-state index in [-0.39, 0.29) is 30.5 Å². The molecule has 0 atom stereocenters. The van der Waals surface area contributed by atoms with E-state index < -0.39 is 15.7 Å². The Bertz CT molecular complexity index is 1560. The highest BCUT2D eigenvalue weighted by molar-refractivity contribution is 7.91. The van der Waals surface area contributed by atoms with E-state index in [1.54, 1.807) is 18.3 Å². The van der Waals surface area contributed by atoms with Gasteiger partial charge in [-0.3, -0.25) is 9.80 Å². The summed E-state index contributed by atoms with van der Waals surface area (Å²) in [5.74, 6) is 0.758. The average molecular weight is 526 g/mol. The van der Waals surface area contributed by atoms with Crippen LogP contribution < -0.4 is 5.32 Å². The van der Waals surface area contributed by atoms with Crippen molar-refractivity contribution in [1.82, 2.24) is 29.7 Å². The predicted molar refractivity (Wildman–Crippen MR) is 139 cm³/mol. The highest BCUT2D eigenvalue weighted by Gasteiger charge is 2.35. The molecular weight excluding hydrogens is 497 g/mol. The van der Waals surface area contributed by atoms with Gasteiger partial charge in [0.2, 0.25) is 0 Å². The number of nitrogens with zero attached hydrogens (tertiary/aromatic N) is 5. The Hall–Kier alpha value is -3.19. The van der Waals surface area contributed by atoms with Crippen LogP contribution in [0.3, 0.4) is 0 Å². The number of hydrogen-bond donors (Lipinski definition) is 3. The molecule has 0 saturated carbocycles. The van der Waals surface area contributed by atoms with Gasteiger partial charge in [-0.05, 0) is 30.3 Å². The minimum atomic E-state index is -2.88. The number of aliphatic hydroxyl groups is 1. The lowest BCUT2D eigenvalue weighted by molar-refractivity contribution is 0.0327. The number of benzene rings is 1. The minimum Gasteiger partial charge on any atom is -0.395 e. The molecule has 2 saturated heterocycles. The van der Waals surface area contributed by atoms with Gasteiger partial charge in [-0.15, -0.1) is 0 Å². The number of nitrogens with one attached hydrogen (secondary N) is 2. The summed E-state index contributed by atoms with van der Waals surface area (Å²) in [5.41, 5.74) is 3.10. The van der Waals surface area contributed by atoms with Crippen LogP contribution in [0.25, 0.3) is 33.3 Å². The number of rotatable bonds is 7. The molecule has 4 aromatic rings. The molecule has 3 aromatic heterocycles. The molecule has 2 fully saturated rings. The van der Waals surface area contributed by atoms with Gasteiger partial charge in [0.15, 0.2) is 21.5 Å². The van der Waals surface area contributed by atoms with Crippen LogP contribution in [0.15, 0.2) is 36.5 Å². The standard InChI is InChI=1S/C25H28FN7O3S/c26-19-2-4-20-18(5-6-27-20)22(19)24-30-21-3-1-16(29-23(21)25(31-24)28-7-10-34)13-32-14-17(15-32)33-8-11-37(35,36)12-9-33/h1-6,17,27,34H,7-15H2,(H,28,30,31). The number of anilines is 1. The molecule has 12 heteroatoms. The average Bonchev–Trinajstić information content (AvgIpc) is 3.33. The van der Waals surface area contributed by atoms with Crippen molar-refractivity contribution < 1.29 is 17.9 Å². The van der Waals surface area contributed by atoms with Crippen LogP contribution in [0.2, 0.25) is 0 Å². The molecule has 5 heterocycles. The van der Waals surface area contributed by atoms with Crippen LogP contribution in [0.5, 0.6) is 0 Å². The molecule has 2 aliphatic heterocycles. The van der Waals surface area contributed by atoms with Gasteiger partial charge in [0.1, 0.15) is 11.3 Å². The third-order valence-corrected chi connectivity index (χ3v) is 8.74. The highest BCUT2D eigenvalue weighted by Crippen LogP contribution is 2.32. The molecule has 3 N–H and O–H groups in total. The lowest BCUT2D eigenvalue weighted by Gasteiger charge is -2.46. The second-order valence-electron chi connectivity index (χ2n) is 9.61. The Balaban J connectivity index is 1.25. The number of H-pyrrole nitrogens is 1. The number of aromatic amines is 1. The van der Waals surface area contributed by atoms with E-state index >= 15 is 0 Å². The fourth-order valence-electron chi connectivity index (χ4n) is 5.11. The number of pyridine rings is 1. The van der Waals surface area contributed by atoms with Crippen LogP contribution in [-0.2, 0) is 16.4 Å². The third-order valence-electron chi connectivity index (χ3n) is 7.13. The number of aliphatic hydroxyl groups excluding tert-OH is 1. The molecule has 0 aliphatic carbocycles. The lowest BCUT2D eigenvalue weighted by atomic mass is 10.1. The molecule has 10 nitrogen and oxygen atoms in total. The summed E-state index contributed by atoms with van der Waals surface area (Å²) in [5, 5.41) is 13.2. The van der Waals surface area contributed by atoms with Crippen molar-refractivity contribution in [3.63, 3.8) is 0 Å². The van der Waals surface area contributed by atoms with Crippen molar-refractivity contribution in [2.24, 2.45) is 0 Å². The van der Waals surface area contributed by atoms with Crippen LogP contribution in [-0.4, -0.2) is 100 Å². The second kappa shape index (κ2) is 9.60. The molecule has 2 aliphatic rings. The van der Waals surface area contributed by atoms with E-state index in [4.69, 9.17) is 4.98 Å².